The maximum Gasteiger partial charge on any atom is 0.303 e. The molecule has 44 heavy (non-hydrogen) atoms. The smallest absolute Gasteiger partial charge is 0.303 e. The first-order valence-corrected chi connectivity index (χ1v) is 17.7. The molecule has 234 valence electrons. The third-order valence-corrected chi connectivity index (χ3v) is 11.5. The standard InChI is InChI=1S/C35H43N3O4S2/c1-20-18-34(3,4)37-26-16-28-24(14-22(20)26)33(25-15-23-21(2)19-35(5,6)38-27(23)17-29(25)42-28)30-11-12-32(43-30)44(41)36-13-9-7-8-10-31(39)40/h11-12,14-17,20-21,36-37H,7-10,13,18-19H2,1-6H3,(H,39,40). The number of carboxylic acids is 1. The summed E-state index contributed by atoms with van der Waals surface area (Å²) in [5.41, 5.74) is 5.70. The molecule has 4 heterocycles. The van der Waals surface area contributed by atoms with Crippen LogP contribution >= 0.6 is 11.3 Å². The molecule has 1 aromatic heterocycles. The summed E-state index contributed by atoms with van der Waals surface area (Å²) in [7, 11) is -1.35. The number of thiophene rings is 1. The van der Waals surface area contributed by atoms with E-state index in [1.807, 2.05) is 6.07 Å². The number of anilines is 1. The molecule has 9 heteroatoms. The molecule has 3 unspecified atom stereocenters. The number of nitrogens with zero attached hydrogens (tertiary/aromatic N) is 1. The summed E-state index contributed by atoms with van der Waals surface area (Å²) >= 11 is 1.55. The number of unbranched alkanes of at least 4 members (excludes halogenated alkanes) is 2. The lowest BCUT2D eigenvalue weighted by molar-refractivity contribution is -0.137. The maximum atomic E-state index is 13.2. The quantitative estimate of drug-likeness (QED) is 0.173. The summed E-state index contributed by atoms with van der Waals surface area (Å²) in [6.45, 7) is 14.0. The Morgan fingerprint density at radius 1 is 1.05 bits per heavy atom. The highest BCUT2D eigenvalue weighted by molar-refractivity contribution is 7.85. The predicted octanol–water partition coefficient (Wildman–Crippen LogP) is 6.96. The normalized spacial score (nSPS) is 21.5. The van der Waals surface area contributed by atoms with Crippen LogP contribution in [0.2, 0.25) is 0 Å². The summed E-state index contributed by atoms with van der Waals surface area (Å²) in [4.78, 5) is 16.9. The molecule has 3 aromatic rings. The van der Waals surface area contributed by atoms with Gasteiger partial charge in [-0.15, -0.1) is 11.3 Å². The zero-order valence-corrected chi connectivity index (χ0v) is 28.1. The van der Waals surface area contributed by atoms with Gasteiger partial charge in [0.2, 0.25) is 0 Å². The first-order chi connectivity index (χ1) is 20.8. The molecule has 3 N–H and O–H groups in total. The molecule has 6 rings (SSSR count). The van der Waals surface area contributed by atoms with E-state index >= 15 is 0 Å². The second kappa shape index (κ2) is 11.7. The zero-order chi connectivity index (χ0) is 31.4. The van der Waals surface area contributed by atoms with Crippen LogP contribution in [0.4, 0.5) is 5.69 Å². The largest absolute Gasteiger partial charge is 0.481 e. The van der Waals surface area contributed by atoms with Gasteiger partial charge in [-0.1, -0.05) is 20.3 Å². The fourth-order valence-corrected chi connectivity index (χ4v) is 9.39. The molecule has 0 bridgehead atoms. The molecule has 3 aliphatic rings. The molecule has 0 spiro atoms. The first kappa shape index (κ1) is 31.0. The number of carbonyl (C=O) groups is 1. The highest BCUT2D eigenvalue weighted by Gasteiger charge is 2.33. The van der Waals surface area contributed by atoms with Crippen LogP contribution in [0.1, 0.15) is 113 Å². The lowest BCUT2D eigenvalue weighted by Gasteiger charge is -2.38. The second-order valence-corrected chi connectivity index (χ2v) is 16.6. The van der Waals surface area contributed by atoms with Crippen molar-refractivity contribution in [2.45, 2.75) is 107 Å². The van der Waals surface area contributed by atoms with E-state index in [9.17, 15) is 9.00 Å². The van der Waals surface area contributed by atoms with Crippen LogP contribution in [0.15, 0.2) is 45.6 Å². The second-order valence-electron chi connectivity index (χ2n) is 13.9. The maximum absolute atomic E-state index is 13.2. The Morgan fingerprint density at radius 2 is 1.82 bits per heavy atom. The van der Waals surface area contributed by atoms with Crippen LogP contribution in [-0.4, -0.2) is 32.9 Å². The fraction of sp³-hybridized carbons (Fsp3) is 0.486. The molecule has 3 aliphatic heterocycles. The molecule has 0 saturated carbocycles. The van der Waals surface area contributed by atoms with Crippen molar-refractivity contribution in [3.05, 3.63) is 68.5 Å². The van der Waals surface area contributed by atoms with Crippen LogP contribution in [0.25, 0.3) is 5.57 Å². The number of benzene rings is 2. The van der Waals surface area contributed by atoms with E-state index in [0.717, 1.165) is 73.7 Å². The summed E-state index contributed by atoms with van der Waals surface area (Å²) in [6, 6.07) is 12.9. The molecule has 7 nitrogen and oxygen atoms in total. The third-order valence-electron chi connectivity index (χ3n) is 8.93. The highest BCUT2D eigenvalue weighted by atomic mass is 32.2. The average molecular weight is 634 g/mol. The van der Waals surface area contributed by atoms with Gasteiger partial charge in [-0.3, -0.25) is 9.79 Å². The Morgan fingerprint density at radius 3 is 2.59 bits per heavy atom. The summed E-state index contributed by atoms with van der Waals surface area (Å²) in [6.07, 6.45) is 4.41. The van der Waals surface area contributed by atoms with Crippen LogP contribution < -0.4 is 25.4 Å². The number of nitrogens with one attached hydrogen (secondary N) is 2. The Hall–Kier alpha value is -3.01. The molecule has 0 amide bonds. The number of carboxylic acid groups (broad SMARTS) is 1. The van der Waals surface area contributed by atoms with Gasteiger partial charge in [0.05, 0.1) is 10.9 Å². The monoisotopic (exact) mass is 633 g/mol. The van der Waals surface area contributed by atoms with E-state index in [1.165, 1.54) is 11.1 Å². The molecule has 0 saturated heterocycles. The minimum atomic E-state index is -1.35. The minimum absolute atomic E-state index is 0.00454. The number of fused-ring (bicyclic) bond motifs is 4. The average Bonchev–Trinajstić information content (AvgIpc) is 3.40. The first-order valence-electron chi connectivity index (χ1n) is 15.7. The van der Waals surface area contributed by atoms with Crippen molar-refractivity contribution in [2.24, 2.45) is 4.99 Å². The summed E-state index contributed by atoms with van der Waals surface area (Å²) in [5.74, 6) is 1.61. The van der Waals surface area contributed by atoms with Gasteiger partial charge >= 0.3 is 5.97 Å². The number of aliphatic carboxylic acids is 1. The molecule has 2 aromatic carbocycles. The number of rotatable bonds is 9. The van der Waals surface area contributed by atoms with Gasteiger partial charge < -0.3 is 15.2 Å². The van der Waals surface area contributed by atoms with Crippen LogP contribution in [0.5, 0.6) is 11.5 Å². The van der Waals surface area contributed by atoms with Crippen molar-refractivity contribution in [1.82, 2.24) is 4.72 Å². The Labute approximate surface area is 266 Å². The SMILES string of the molecule is CC1CC(C)(C)Nc2cc3c(cc21)C(c1ccc(S(=O)NCCCCCC(=O)O)s1)=c1cc2c(cc1O3)=NC(C)(C)CC2C. The van der Waals surface area contributed by atoms with E-state index in [-0.39, 0.29) is 17.5 Å². The van der Waals surface area contributed by atoms with E-state index < -0.39 is 17.0 Å². The third kappa shape index (κ3) is 6.24. The minimum Gasteiger partial charge on any atom is -0.481 e. The fourth-order valence-electron chi connectivity index (χ4n) is 7.17. The van der Waals surface area contributed by atoms with Gasteiger partial charge in [0.25, 0.3) is 0 Å². The van der Waals surface area contributed by atoms with E-state index in [1.54, 1.807) is 11.3 Å². The molecule has 0 aliphatic carbocycles. The van der Waals surface area contributed by atoms with Crippen molar-refractivity contribution in [3.63, 3.8) is 0 Å². The topological polar surface area (TPSA) is 100 Å². The summed E-state index contributed by atoms with van der Waals surface area (Å²) in [5, 5.41) is 14.6. The van der Waals surface area contributed by atoms with E-state index in [4.69, 9.17) is 14.8 Å². The van der Waals surface area contributed by atoms with Crippen molar-refractivity contribution >= 4 is 39.6 Å². The number of hydrogen-bond acceptors (Lipinski definition) is 6. The van der Waals surface area contributed by atoms with Crippen LogP contribution in [0, 0.1) is 0 Å². The molecule has 0 radical (unpaired) electrons. The molecule has 0 fully saturated rings. The molecular formula is C35H43N3O4S2. The van der Waals surface area contributed by atoms with Gasteiger partial charge in [-0.2, -0.15) is 0 Å². The van der Waals surface area contributed by atoms with Gasteiger partial charge in [0.15, 0.2) is 0 Å². The highest BCUT2D eigenvalue weighted by Crippen LogP contribution is 2.47. The van der Waals surface area contributed by atoms with Gasteiger partial charge in [0.1, 0.15) is 26.7 Å². The van der Waals surface area contributed by atoms with Crippen molar-refractivity contribution < 1.29 is 18.8 Å². The zero-order valence-electron chi connectivity index (χ0n) is 26.5. The van der Waals surface area contributed by atoms with E-state index in [2.05, 4.69) is 81.9 Å². The summed E-state index contributed by atoms with van der Waals surface area (Å²) < 4.78 is 23.8. The van der Waals surface area contributed by atoms with Gasteiger partial charge in [0, 0.05) is 57.6 Å². The predicted molar refractivity (Wildman–Crippen MR) is 178 cm³/mol. The van der Waals surface area contributed by atoms with Crippen molar-refractivity contribution in [3.8, 4) is 11.5 Å². The lowest BCUT2D eigenvalue weighted by Crippen LogP contribution is -2.37. The Balaban J connectivity index is 1.42. The lowest BCUT2D eigenvalue weighted by atomic mass is 9.80. The van der Waals surface area contributed by atoms with Crippen molar-refractivity contribution in [1.29, 1.82) is 0 Å². The molecule has 3 atom stereocenters. The van der Waals surface area contributed by atoms with Crippen LogP contribution in [-0.2, 0) is 15.8 Å². The van der Waals surface area contributed by atoms with E-state index in [0.29, 0.717) is 24.8 Å². The van der Waals surface area contributed by atoms with Gasteiger partial charge in [-0.25, -0.2) is 8.93 Å². The number of hydrogen-bond donors (Lipinski definition) is 3. The van der Waals surface area contributed by atoms with Gasteiger partial charge in [-0.05, 0) is 101 Å². The van der Waals surface area contributed by atoms with Crippen molar-refractivity contribution in [2.75, 3.05) is 11.9 Å². The van der Waals surface area contributed by atoms with Crippen LogP contribution in [0.3, 0.4) is 0 Å². The number of ether oxygens (including phenoxy) is 1. The molecular weight excluding hydrogens is 591 g/mol. The Kier molecular flexibility index (Phi) is 8.26. The Bertz CT molecular complexity index is 1770.